The highest BCUT2D eigenvalue weighted by Gasteiger charge is 2.27. The van der Waals surface area contributed by atoms with E-state index in [9.17, 15) is 0 Å². The van der Waals surface area contributed by atoms with Crippen molar-refractivity contribution in [2.24, 2.45) is 18.7 Å². The number of para-hydroxylation sites is 1. The minimum absolute atomic E-state index is 0.530. The molecule has 2 heterocycles. The molecule has 0 saturated carbocycles. The molecule has 0 radical (unpaired) electrons. The zero-order valence-corrected chi connectivity index (χ0v) is 12.5. The van der Waals surface area contributed by atoms with Crippen LogP contribution >= 0.6 is 0 Å². The average Bonchev–Trinajstić information content (AvgIpc) is 2.77. The number of aromatic nitrogens is 1. The van der Waals surface area contributed by atoms with E-state index in [4.69, 9.17) is 5.73 Å². The third-order valence-electron chi connectivity index (χ3n) is 4.83. The lowest BCUT2D eigenvalue weighted by molar-refractivity contribution is 0.0994. The minimum atomic E-state index is 0.530. The highest BCUT2D eigenvalue weighted by molar-refractivity contribution is 5.83. The van der Waals surface area contributed by atoms with Crippen molar-refractivity contribution < 1.29 is 0 Å². The molecule has 3 heteroatoms. The van der Waals surface area contributed by atoms with Gasteiger partial charge in [-0.3, -0.25) is 4.90 Å². The summed E-state index contributed by atoms with van der Waals surface area (Å²) in [6.07, 6.45) is 4.88. The molecule has 20 heavy (non-hydrogen) atoms. The monoisotopic (exact) mass is 271 g/mol. The molecule has 1 aliphatic heterocycles. The van der Waals surface area contributed by atoms with Crippen molar-refractivity contribution in [2.45, 2.75) is 32.4 Å². The van der Waals surface area contributed by atoms with Crippen molar-refractivity contribution in [2.75, 3.05) is 13.1 Å². The van der Waals surface area contributed by atoms with Crippen LogP contribution in [0.1, 0.15) is 25.3 Å². The number of fused-ring (bicyclic) bond motifs is 1. The van der Waals surface area contributed by atoms with Crippen LogP contribution in [0, 0.1) is 5.92 Å². The Morgan fingerprint density at radius 3 is 2.90 bits per heavy atom. The number of nitrogens with two attached hydrogens (primary N) is 1. The van der Waals surface area contributed by atoms with Crippen LogP contribution in [0.3, 0.4) is 0 Å². The number of nitrogens with zero attached hydrogens (tertiary/aromatic N) is 2. The number of likely N-dealkylation sites (tertiary alicyclic amines) is 1. The van der Waals surface area contributed by atoms with Crippen molar-refractivity contribution in [3.05, 3.63) is 36.0 Å². The second-order valence-corrected chi connectivity index (χ2v) is 6.18. The fourth-order valence-corrected chi connectivity index (χ4v) is 3.68. The van der Waals surface area contributed by atoms with Gasteiger partial charge in [0.2, 0.25) is 0 Å². The topological polar surface area (TPSA) is 34.2 Å². The smallest absolute Gasteiger partial charge is 0.0481 e. The van der Waals surface area contributed by atoms with E-state index in [0.717, 1.165) is 13.1 Å². The first kappa shape index (κ1) is 13.7. The van der Waals surface area contributed by atoms with Gasteiger partial charge in [0.15, 0.2) is 0 Å². The van der Waals surface area contributed by atoms with Gasteiger partial charge in [0.05, 0.1) is 0 Å². The highest BCUT2D eigenvalue weighted by Crippen LogP contribution is 2.27. The van der Waals surface area contributed by atoms with Gasteiger partial charge in [-0.25, -0.2) is 0 Å². The zero-order valence-electron chi connectivity index (χ0n) is 12.5. The van der Waals surface area contributed by atoms with E-state index in [1.807, 2.05) is 0 Å². The molecule has 2 unspecified atom stereocenters. The van der Waals surface area contributed by atoms with Gasteiger partial charge in [-0.1, -0.05) is 25.1 Å². The number of piperidine rings is 1. The minimum Gasteiger partial charge on any atom is -0.350 e. The molecule has 1 saturated heterocycles. The van der Waals surface area contributed by atoms with Gasteiger partial charge in [-0.15, -0.1) is 0 Å². The van der Waals surface area contributed by atoms with Crippen LogP contribution in [0.4, 0.5) is 0 Å². The normalized spacial score (nSPS) is 24.4. The van der Waals surface area contributed by atoms with E-state index in [0.29, 0.717) is 12.0 Å². The lowest BCUT2D eigenvalue weighted by Gasteiger charge is -2.39. The largest absolute Gasteiger partial charge is 0.350 e. The molecular weight excluding hydrogens is 246 g/mol. The Hall–Kier alpha value is -1.32. The lowest BCUT2D eigenvalue weighted by Crippen LogP contribution is -2.47. The van der Waals surface area contributed by atoms with Crippen molar-refractivity contribution in [1.82, 2.24) is 9.47 Å². The number of hydrogen-bond donors (Lipinski definition) is 1. The molecule has 2 N–H and O–H groups in total. The molecule has 1 aromatic heterocycles. The molecule has 0 spiro atoms. The predicted molar refractivity (Wildman–Crippen MR) is 84.6 cm³/mol. The summed E-state index contributed by atoms with van der Waals surface area (Å²) in [5.41, 5.74) is 8.75. The van der Waals surface area contributed by atoms with E-state index >= 15 is 0 Å². The summed E-state index contributed by atoms with van der Waals surface area (Å²) in [4.78, 5) is 2.58. The standard InChI is InChI=1S/C17H25N3/c1-13-6-5-9-20(17(13)10-18)12-14-11-19(2)16-8-4-3-7-15(14)16/h3-4,7-8,11,13,17H,5-6,9-10,12,18H2,1-2H3. The average molecular weight is 271 g/mol. The Bertz CT molecular complexity index is 587. The second-order valence-electron chi connectivity index (χ2n) is 6.18. The van der Waals surface area contributed by atoms with Crippen LogP contribution < -0.4 is 5.73 Å². The van der Waals surface area contributed by atoms with Crippen molar-refractivity contribution in [1.29, 1.82) is 0 Å². The Morgan fingerprint density at radius 1 is 1.30 bits per heavy atom. The molecule has 0 aliphatic carbocycles. The van der Waals surface area contributed by atoms with Crippen molar-refractivity contribution in [3.8, 4) is 0 Å². The molecule has 3 nitrogen and oxygen atoms in total. The van der Waals surface area contributed by atoms with Crippen LogP contribution in [0.25, 0.3) is 10.9 Å². The number of hydrogen-bond acceptors (Lipinski definition) is 2. The Balaban J connectivity index is 1.89. The molecule has 108 valence electrons. The summed E-state index contributed by atoms with van der Waals surface area (Å²) in [6.45, 7) is 5.31. The van der Waals surface area contributed by atoms with E-state index in [2.05, 4.69) is 53.9 Å². The molecule has 1 aromatic carbocycles. The van der Waals surface area contributed by atoms with Gasteiger partial charge in [0.1, 0.15) is 0 Å². The third kappa shape index (κ3) is 2.36. The van der Waals surface area contributed by atoms with E-state index in [1.165, 1.54) is 35.9 Å². The number of benzene rings is 1. The molecule has 1 aliphatic rings. The fraction of sp³-hybridized carbons (Fsp3) is 0.529. The maximum Gasteiger partial charge on any atom is 0.0481 e. The predicted octanol–water partition coefficient (Wildman–Crippen LogP) is 2.74. The molecule has 0 amide bonds. The van der Waals surface area contributed by atoms with Crippen molar-refractivity contribution >= 4 is 10.9 Å². The fourth-order valence-electron chi connectivity index (χ4n) is 3.68. The molecule has 0 bridgehead atoms. The van der Waals surface area contributed by atoms with Crippen LogP contribution in [-0.2, 0) is 13.6 Å². The SMILES string of the molecule is CC1CCCN(Cc2cn(C)c3ccccc23)C1CN. The quantitative estimate of drug-likeness (QED) is 0.931. The first-order chi connectivity index (χ1) is 9.70. The van der Waals surface area contributed by atoms with E-state index < -0.39 is 0 Å². The Morgan fingerprint density at radius 2 is 2.10 bits per heavy atom. The lowest BCUT2D eigenvalue weighted by atomic mass is 9.90. The van der Waals surface area contributed by atoms with Gasteiger partial charge in [-0.05, 0) is 36.9 Å². The van der Waals surface area contributed by atoms with Crippen LogP contribution in [0.5, 0.6) is 0 Å². The van der Waals surface area contributed by atoms with Gasteiger partial charge < -0.3 is 10.3 Å². The number of rotatable bonds is 3. The second kappa shape index (κ2) is 5.58. The third-order valence-corrected chi connectivity index (χ3v) is 4.83. The summed E-state index contributed by atoms with van der Waals surface area (Å²) >= 11 is 0. The molecule has 3 rings (SSSR count). The maximum absolute atomic E-state index is 6.01. The summed E-state index contributed by atoms with van der Waals surface area (Å²) < 4.78 is 2.23. The van der Waals surface area contributed by atoms with Gasteiger partial charge in [-0.2, -0.15) is 0 Å². The molecular formula is C17H25N3. The van der Waals surface area contributed by atoms with Crippen LogP contribution in [0.15, 0.2) is 30.5 Å². The summed E-state index contributed by atoms with van der Waals surface area (Å²) in [5, 5.41) is 1.38. The maximum atomic E-state index is 6.01. The Labute approximate surface area is 121 Å². The first-order valence-corrected chi connectivity index (χ1v) is 7.67. The summed E-state index contributed by atoms with van der Waals surface area (Å²) in [6, 6.07) is 9.19. The van der Waals surface area contributed by atoms with Crippen molar-refractivity contribution in [3.63, 3.8) is 0 Å². The van der Waals surface area contributed by atoms with Gasteiger partial charge >= 0.3 is 0 Å². The van der Waals surface area contributed by atoms with Crippen LogP contribution in [-0.4, -0.2) is 28.6 Å². The highest BCUT2D eigenvalue weighted by atomic mass is 15.2. The summed E-state index contributed by atoms with van der Waals surface area (Å²) in [5.74, 6) is 0.712. The molecule has 1 fully saturated rings. The van der Waals surface area contributed by atoms with E-state index in [-0.39, 0.29) is 0 Å². The van der Waals surface area contributed by atoms with E-state index in [1.54, 1.807) is 0 Å². The Kier molecular flexibility index (Phi) is 3.81. The number of aryl methyl sites for hydroxylation is 1. The van der Waals surface area contributed by atoms with Gasteiger partial charge in [0, 0.05) is 43.3 Å². The van der Waals surface area contributed by atoms with Gasteiger partial charge in [0.25, 0.3) is 0 Å². The van der Waals surface area contributed by atoms with Crippen LogP contribution in [0.2, 0.25) is 0 Å². The first-order valence-electron chi connectivity index (χ1n) is 7.67. The zero-order chi connectivity index (χ0) is 14.1. The molecule has 2 aromatic rings. The molecule has 2 atom stereocenters. The summed E-state index contributed by atoms with van der Waals surface area (Å²) in [7, 11) is 2.13.